The van der Waals surface area contributed by atoms with Crippen molar-refractivity contribution in [1.29, 1.82) is 0 Å². The van der Waals surface area contributed by atoms with Crippen LogP contribution >= 0.6 is 0 Å². The zero-order valence-electron chi connectivity index (χ0n) is 10.3. The topological polar surface area (TPSA) is 115 Å². The average Bonchev–Trinajstić information content (AvgIpc) is 2.36. The Labute approximate surface area is 109 Å². The maximum Gasteiger partial charge on any atom is 0.307 e. The highest BCUT2D eigenvalue weighted by Crippen LogP contribution is 2.29. The molecule has 0 aromatic heterocycles. The van der Waals surface area contributed by atoms with Crippen molar-refractivity contribution in [2.24, 2.45) is 5.92 Å². The van der Waals surface area contributed by atoms with Crippen molar-refractivity contribution in [3.05, 3.63) is 34.4 Å². The number of para-hydroxylation sites is 1. The zero-order chi connectivity index (χ0) is 14.8. The number of sulfone groups is 1. The van der Waals surface area contributed by atoms with Gasteiger partial charge in [-0.3, -0.25) is 14.9 Å². The van der Waals surface area contributed by atoms with Crippen LogP contribution in [0.1, 0.15) is 13.8 Å². The Morgan fingerprint density at radius 1 is 1.32 bits per heavy atom. The van der Waals surface area contributed by atoms with E-state index in [2.05, 4.69) is 0 Å². The summed E-state index contributed by atoms with van der Waals surface area (Å²) in [6.45, 7) is 2.48. The van der Waals surface area contributed by atoms with E-state index in [0.29, 0.717) is 0 Å². The first-order valence-electron chi connectivity index (χ1n) is 5.39. The normalized spacial score (nSPS) is 14.6. The third-order valence-corrected chi connectivity index (χ3v) is 5.30. The van der Waals surface area contributed by atoms with Crippen LogP contribution in [0.25, 0.3) is 0 Å². The minimum atomic E-state index is -4.08. The number of rotatable bonds is 5. The Morgan fingerprint density at radius 2 is 1.84 bits per heavy atom. The fraction of sp³-hybridized carbons (Fsp3) is 0.364. The van der Waals surface area contributed by atoms with Crippen molar-refractivity contribution < 1.29 is 23.2 Å². The molecule has 8 heteroatoms. The summed E-state index contributed by atoms with van der Waals surface area (Å²) in [6.07, 6.45) is 0. The average molecular weight is 287 g/mol. The van der Waals surface area contributed by atoms with Gasteiger partial charge in [0.15, 0.2) is 9.84 Å². The summed E-state index contributed by atoms with van der Waals surface area (Å²) >= 11 is 0. The van der Waals surface area contributed by atoms with E-state index >= 15 is 0 Å². The van der Waals surface area contributed by atoms with Crippen LogP contribution < -0.4 is 0 Å². The molecule has 19 heavy (non-hydrogen) atoms. The molecule has 0 aliphatic heterocycles. The van der Waals surface area contributed by atoms with Gasteiger partial charge < -0.3 is 5.11 Å². The van der Waals surface area contributed by atoms with Gasteiger partial charge in [0.05, 0.1) is 16.1 Å². The first-order chi connectivity index (χ1) is 8.69. The Morgan fingerprint density at radius 3 is 2.32 bits per heavy atom. The number of nitro benzene ring substituents is 1. The van der Waals surface area contributed by atoms with Gasteiger partial charge >= 0.3 is 5.97 Å². The third-order valence-electron chi connectivity index (χ3n) is 2.95. The Hall–Kier alpha value is -1.96. The molecular formula is C11H13NO6S. The SMILES string of the molecule is CC(C(=O)O)C(C)S(=O)(=O)c1ccccc1[N+](=O)[O-]. The number of hydrogen-bond acceptors (Lipinski definition) is 5. The summed E-state index contributed by atoms with van der Waals surface area (Å²) in [6, 6.07) is 4.89. The van der Waals surface area contributed by atoms with Gasteiger partial charge in [-0.25, -0.2) is 8.42 Å². The van der Waals surface area contributed by atoms with Crippen LogP contribution in [0.5, 0.6) is 0 Å². The maximum absolute atomic E-state index is 12.2. The molecule has 2 atom stereocenters. The lowest BCUT2D eigenvalue weighted by Gasteiger charge is -2.16. The van der Waals surface area contributed by atoms with Crippen LogP contribution in [0, 0.1) is 16.0 Å². The van der Waals surface area contributed by atoms with Gasteiger partial charge in [0.2, 0.25) is 0 Å². The van der Waals surface area contributed by atoms with Crippen molar-refractivity contribution in [2.75, 3.05) is 0 Å². The van der Waals surface area contributed by atoms with Gasteiger partial charge in [-0.15, -0.1) is 0 Å². The van der Waals surface area contributed by atoms with Gasteiger partial charge in [0.1, 0.15) is 4.90 Å². The highest BCUT2D eigenvalue weighted by molar-refractivity contribution is 7.92. The Kier molecular flexibility index (Phi) is 4.25. The van der Waals surface area contributed by atoms with Crippen molar-refractivity contribution in [1.82, 2.24) is 0 Å². The first kappa shape index (κ1) is 15.1. The zero-order valence-corrected chi connectivity index (χ0v) is 11.1. The Balaban J connectivity index is 3.36. The number of carbonyl (C=O) groups is 1. The van der Waals surface area contributed by atoms with Crippen LogP contribution in [0.3, 0.4) is 0 Å². The van der Waals surface area contributed by atoms with Crippen molar-refractivity contribution in [2.45, 2.75) is 24.0 Å². The molecule has 104 valence electrons. The number of nitrogens with zero attached hydrogens (tertiary/aromatic N) is 1. The Bertz CT molecular complexity index is 609. The predicted octanol–water partition coefficient (Wildman–Crippen LogP) is 1.48. The van der Waals surface area contributed by atoms with Crippen LogP contribution in [0.4, 0.5) is 5.69 Å². The quantitative estimate of drug-likeness (QED) is 0.648. The van der Waals surface area contributed by atoms with Crippen LogP contribution in [-0.2, 0) is 14.6 Å². The van der Waals surface area contributed by atoms with Gasteiger partial charge in [-0.1, -0.05) is 19.1 Å². The molecule has 0 amide bonds. The number of aliphatic carboxylic acids is 1. The summed E-state index contributed by atoms with van der Waals surface area (Å²) in [4.78, 5) is 20.4. The van der Waals surface area contributed by atoms with Gasteiger partial charge in [-0.05, 0) is 13.0 Å². The standard InChI is InChI=1S/C11H13NO6S/c1-7(11(13)14)8(2)19(17,18)10-6-4-3-5-9(10)12(15)16/h3-8H,1-2H3,(H,13,14). The molecule has 0 aliphatic rings. The fourth-order valence-electron chi connectivity index (χ4n) is 1.52. The second-order valence-corrected chi connectivity index (χ2v) is 6.38. The maximum atomic E-state index is 12.2. The summed E-state index contributed by atoms with van der Waals surface area (Å²) < 4.78 is 24.5. The highest BCUT2D eigenvalue weighted by Gasteiger charge is 2.36. The lowest BCUT2D eigenvalue weighted by molar-refractivity contribution is -0.387. The minimum Gasteiger partial charge on any atom is -0.481 e. The molecule has 2 unspecified atom stereocenters. The van der Waals surface area contributed by atoms with Crippen molar-refractivity contribution in [3.8, 4) is 0 Å². The van der Waals surface area contributed by atoms with Crippen LogP contribution in [0.15, 0.2) is 29.2 Å². The van der Waals surface area contributed by atoms with Gasteiger partial charge in [0.25, 0.3) is 5.69 Å². The second-order valence-electron chi connectivity index (χ2n) is 4.10. The molecule has 0 aliphatic carbocycles. The van der Waals surface area contributed by atoms with Gasteiger partial charge in [-0.2, -0.15) is 0 Å². The van der Waals surface area contributed by atoms with E-state index in [1.165, 1.54) is 26.0 Å². The lowest BCUT2D eigenvalue weighted by Crippen LogP contribution is -2.31. The molecule has 0 spiro atoms. The molecule has 7 nitrogen and oxygen atoms in total. The molecule has 0 bridgehead atoms. The molecule has 0 saturated carbocycles. The lowest BCUT2D eigenvalue weighted by atomic mass is 10.1. The van der Waals surface area contributed by atoms with E-state index in [1.807, 2.05) is 0 Å². The summed E-state index contributed by atoms with van der Waals surface area (Å²) in [5, 5.41) is 18.4. The summed E-state index contributed by atoms with van der Waals surface area (Å²) in [7, 11) is -4.08. The fourth-order valence-corrected chi connectivity index (χ4v) is 3.28. The molecule has 1 aromatic rings. The molecule has 1 N–H and O–H groups in total. The largest absolute Gasteiger partial charge is 0.481 e. The minimum absolute atomic E-state index is 0.458. The van der Waals surface area contributed by atoms with E-state index in [-0.39, 0.29) is 0 Å². The molecule has 0 fully saturated rings. The smallest absolute Gasteiger partial charge is 0.307 e. The number of benzene rings is 1. The van der Waals surface area contributed by atoms with E-state index in [9.17, 15) is 23.3 Å². The van der Waals surface area contributed by atoms with E-state index < -0.39 is 42.5 Å². The van der Waals surface area contributed by atoms with Crippen molar-refractivity contribution >= 4 is 21.5 Å². The van der Waals surface area contributed by atoms with Crippen molar-refractivity contribution in [3.63, 3.8) is 0 Å². The molecule has 1 aromatic carbocycles. The van der Waals surface area contributed by atoms with Crippen LogP contribution in [0.2, 0.25) is 0 Å². The van der Waals surface area contributed by atoms with E-state index in [4.69, 9.17) is 5.11 Å². The monoisotopic (exact) mass is 287 g/mol. The molecule has 1 rings (SSSR count). The van der Waals surface area contributed by atoms with Gasteiger partial charge in [0, 0.05) is 6.07 Å². The van der Waals surface area contributed by atoms with E-state index in [0.717, 1.165) is 12.1 Å². The second kappa shape index (κ2) is 5.35. The molecule has 0 radical (unpaired) electrons. The van der Waals surface area contributed by atoms with E-state index in [1.54, 1.807) is 0 Å². The number of nitro groups is 1. The summed E-state index contributed by atoms with van der Waals surface area (Å²) in [5.41, 5.74) is -0.549. The summed E-state index contributed by atoms with van der Waals surface area (Å²) in [5.74, 6) is -2.43. The predicted molar refractivity (Wildman–Crippen MR) is 66.5 cm³/mol. The molecule has 0 heterocycles. The van der Waals surface area contributed by atoms with Crippen LogP contribution in [-0.4, -0.2) is 29.7 Å². The molecular weight excluding hydrogens is 274 g/mol. The number of hydrogen-bond donors (Lipinski definition) is 1. The number of carboxylic acid groups (broad SMARTS) is 1. The highest BCUT2D eigenvalue weighted by atomic mass is 32.2. The number of carboxylic acids is 1. The third kappa shape index (κ3) is 2.90. The first-order valence-corrected chi connectivity index (χ1v) is 6.94. The molecule has 0 saturated heterocycles.